The molecule has 1 saturated heterocycles. The number of nitrogens with one attached hydrogen (secondary N) is 2. The summed E-state index contributed by atoms with van der Waals surface area (Å²) in [6.45, 7) is 4.33. The highest BCUT2D eigenvalue weighted by Gasteiger charge is 2.19. The first-order valence-corrected chi connectivity index (χ1v) is 10.2. The number of amides is 2. The summed E-state index contributed by atoms with van der Waals surface area (Å²) in [5.41, 5.74) is 2.32. The van der Waals surface area contributed by atoms with Crippen molar-refractivity contribution >= 4 is 6.03 Å². The molecule has 0 bridgehead atoms. The minimum absolute atomic E-state index is 0.133. The van der Waals surface area contributed by atoms with Crippen molar-refractivity contribution in [1.29, 1.82) is 0 Å². The standard InChI is InChI=1S/C23H31N3O3/c1-28-21-9-8-20(14-22(21)29-2)16-25-23(27)24-15-18-10-12-26(13-11-18)17-19-6-4-3-5-7-19/h3-9,14,18H,10-13,15-17H2,1-2H3,(H2,24,25,27). The van der Waals surface area contributed by atoms with Gasteiger partial charge in [0, 0.05) is 19.6 Å². The van der Waals surface area contributed by atoms with Gasteiger partial charge in [0.1, 0.15) is 0 Å². The highest BCUT2D eigenvalue weighted by Crippen LogP contribution is 2.27. The molecule has 2 amide bonds. The molecule has 0 aromatic heterocycles. The third kappa shape index (κ3) is 6.39. The van der Waals surface area contributed by atoms with Crippen molar-refractivity contribution in [3.63, 3.8) is 0 Å². The molecule has 1 fully saturated rings. The molecule has 3 rings (SSSR count). The first kappa shape index (κ1) is 21.0. The quantitative estimate of drug-likeness (QED) is 0.717. The third-order valence-corrected chi connectivity index (χ3v) is 5.41. The molecule has 2 aromatic rings. The normalized spacial score (nSPS) is 15.0. The smallest absolute Gasteiger partial charge is 0.315 e. The molecule has 0 aliphatic carbocycles. The Balaban J connectivity index is 1.35. The van der Waals surface area contributed by atoms with Crippen molar-refractivity contribution in [2.45, 2.75) is 25.9 Å². The number of methoxy groups -OCH3 is 2. The maximum Gasteiger partial charge on any atom is 0.315 e. The summed E-state index contributed by atoms with van der Waals surface area (Å²) < 4.78 is 10.5. The molecule has 0 radical (unpaired) electrons. The van der Waals surface area contributed by atoms with Crippen LogP contribution in [0.4, 0.5) is 4.79 Å². The molecule has 156 valence electrons. The Morgan fingerprint density at radius 1 is 0.966 bits per heavy atom. The molecule has 0 atom stereocenters. The van der Waals surface area contributed by atoms with Crippen molar-refractivity contribution < 1.29 is 14.3 Å². The molecule has 1 aliphatic rings. The van der Waals surface area contributed by atoms with E-state index in [2.05, 4.69) is 45.9 Å². The number of likely N-dealkylation sites (tertiary alicyclic amines) is 1. The molecular weight excluding hydrogens is 366 g/mol. The van der Waals surface area contributed by atoms with Crippen LogP contribution in [0.15, 0.2) is 48.5 Å². The van der Waals surface area contributed by atoms with Crippen molar-refractivity contribution in [2.24, 2.45) is 5.92 Å². The Labute approximate surface area is 173 Å². The number of hydrogen-bond donors (Lipinski definition) is 2. The van der Waals surface area contributed by atoms with Crippen LogP contribution in [0.2, 0.25) is 0 Å². The summed E-state index contributed by atoms with van der Waals surface area (Å²) >= 11 is 0. The number of carbonyl (C=O) groups is 1. The number of piperidine rings is 1. The van der Waals surface area contributed by atoms with Gasteiger partial charge in [0.05, 0.1) is 14.2 Å². The van der Waals surface area contributed by atoms with Crippen LogP contribution >= 0.6 is 0 Å². The second kappa shape index (κ2) is 10.7. The fourth-order valence-electron chi connectivity index (χ4n) is 3.66. The number of carbonyl (C=O) groups excluding carboxylic acids is 1. The lowest BCUT2D eigenvalue weighted by molar-refractivity contribution is 0.175. The predicted octanol–water partition coefficient (Wildman–Crippen LogP) is 3.42. The SMILES string of the molecule is COc1ccc(CNC(=O)NCC2CCN(Cc3ccccc3)CC2)cc1OC. The van der Waals surface area contributed by atoms with Gasteiger partial charge < -0.3 is 20.1 Å². The molecule has 2 N–H and O–H groups in total. The Morgan fingerprint density at radius 3 is 2.38 bits per heavy atom. The Kier molecular flexibility index (Phi) is 7.76. The summed E-state index contributed by atoms with van der Waals surface area (Å²) in [6, 6.07) is 16.1. The second-order valence-electron chi connectivity index (χ2n) is 7.46. The Morgan fingerprint density at radius 2 is 1.69 bits per heavy atom. The van der Waals surface area contributed by atoms with Gasteiger partial charge in [0.2, 0.25) is 0 Å². The zero-order chi connectivity index (χ0) is 20.5. The fraction of sp³-hybridized carbons (Fsp3) is 0.435. The van der Waals surface area contributed by atoms with Crippen molar-refractivity contribution in [2.75, 3.05) is 33.9 Å². The van der Waals surface area contributed by atoms with Gasteiger partial charge in [-0.3, -0.25) is 4.90 Å². The van der Waals surface area contributed by atoms with Crippen LogP contribution in [0.5, 0.6) is 11.5 Å². The van der Waals surface area contributed by atoms with Crippen LogP contribution in [0, 0.1) is 5.92 Å². The lowest BCUT2D eigenvalue weighted by Crippen LogP contribution is -2.41. The van der Waals surface area contributed by atoms with E-state index in [1.807, 2.05) is 18.2 Å². The van der Waals surface area contributed by atoms with Crippen LogP contribution in [0.1, 0.15) is 24.0 Å². The van der Waals surface area contributed by atoms with E-state index in [0.717, 1.165) is 44.6 Å². The largest absolute Gasteiger partial charge is 0.493 e. The van der Waals surface area contributed by atoms with Crippen LogP contribution in [-0.2, 0) is 13.1 Å². The average Bonchev–Trinajstić information content (AvgIpc) is 2.77. The lowest BCUT2D eigenvalue weighted by atomic mass is 9.96. The average molecular weight is 398 g/mol. The van der Waals surface area contributed by atoms with Gasteiger partial charge in [-0.1, -0.05) is 36.4 Å². The van der Waals surface area contributed by atoms with E-state index in [0.29, 0.717) is 24.0 Å². The Bertz CT molecular complexity index is 774. The Hall–Kier alpha value is -2.73. The molecule has 0 unspecified atom stereocenters. The highest BCUT2D eigenvalue weighted by molar-refractivity contribution is 5.73. The summed E-state index contributed by atoms with van der Waals surface area (Å²) in [6.07, 6.45) is 2.23. The van der Waals surface area contributed by atoms with Crippen LogP contribution < -0.4 is 20.1 Å². The first-order valence-electron chi connectivity index (χ1n) is 10.2. The van der Waals surface area contributed by atoms with E-state index in [1.165, 1.54) is 5.56 Å². The molecule has 0 spiro atoms. The maximum absolute atomic E-state index is 12.2. The predicted molar refractivity (Wildman–Crippen MR) is 114 cm³/mol. The van der Waals surface area contributed by atoms with Gasteiger partial charge in [0.15, 0.2) is 11.5 Å². The number of hydrogen-bond acceptors (Lipinski definition) is 4. The fourth-order valence-corrected chi connectivity index (χ4v) is 3.66. The minimum Gasteiger partial charge on any atom is -0.493 e. The number of benzene rings is 2. The minimum atomic E-state index is -0.133. The van der Waals surface area contributed by atoms with Crippen LogP contribution in [-0.4, -0.2) is 44.8 Å². The molecule has 2 aromatic carbocycles. The van der Waals surface area contributed by atoms with Crippen molar-refractivity contribution in [1.82, 2.24) is 15.5 Å². The number of nitrogens with zero attached hydrogens (tertiary/aromatic N) is 1. The van der Waals surface area contributed by atoms with E-state index in [4.69, 9.17) is 9.47 Å². The van der Waals surface area contributed by atoms with E-state index in [1.54, 1.807) is 14.2 Å². The maximum atomic E-state index is 12.2. The molecule has 0 saturated carbocycles. The summed E-state index contributed by atoms with van der Waals surface area (Å²) in [4.78, 5) is 14.6. The van der Waals surface area contributed by atoms with Crippen molar-refractivity contribution in [3.8, 4) is 11.5 Å². The first-order chi connectivity index (χ1) is 14.2. The number of ether oxygens (including phenoxy) is 2. The zero-order valence-electron chi connectivity index (χ0n) is 17.3. The van der Waals surface area contributed by atoms with Crippen LogP contribution in [0.3, 0.4) is 0 Å². The van der Waals surface area contributed by atoms with Gasteiger partial charge in [-0.2, -0.15) is 0 Å². The molecule has 1 heterocycles. The van der Waals surface area contributed by atoms with E-state index in [9.17, 15) is 4.79 Å². The van der Waals surface area contributed by atoms with Crippen molar-refractivity contribution in [3.05, 3.63) is 59.7 Å². The van der Waals surface area contributed by atoms with E-state index < -0.39 is 0 Å². The van der Waals surface area contributed by atoms with Gasteiger partial charge >= 0.3 is 6.03 Å². The number of rotatable bonds is 8. The summed E-state index contributed by atoms with van der Waals surface area (Å²) in [5, 5.41) is 5.93. The highest BCUT2D eigenvalue weighted by atomic mass is 16.5. The molecule has 1 aliphatic heterocycles. The van der Waals surface area contributed by atoms with E-state index >= 15 is 0 Å². The second-order valence-corrected chi connectivity index (χ2v) is 7.46. The van der Waals surface area contributed by atoms with Gasteiger partial charge in [0.25, 0.3) is 0 Å². The molecular formula is C23H31N3O3. The lowest BCUT2D eigenvalue weighted by Gasteiger charge is -2.32. The van der Waals surface area contributed by atoms with Gasteiger partial charge in [-0.15, -0.1) is 0 Å². The number of urea groups is 1. The monoisotopic (exact) mass is 397 g/mol. The van der Waals surface area contributed by atoms with Gasteiger partial charge in [-0.05, 0) is 55.1 Å². The molecule has 29 heavy (non-hydrogen) atoms. The molecule has 6 heteroatoms. The summed E-state index contributed by atoms with van der Waals surface area (Å²) in [5.74, 6) is 1.88. The zero-order valence-corrected chi connectivity index (χ0v) is 17.3. The topological polar surface area (TPSA) is 62.8 Å². The van der Waals surface area contributed by atoms with Gasteiger partial charge in [-0.25, -0.2) is 4.79 Å². The summed E-state index contributed by atoms with van der Waals surface area (Å²) in [7, 11) is 3.21. The van der Waals surface area contributed by atoms with Crippen LogP contribution in [0.25, 0.3) is 0 Å². The van der Waals surface area contributed by atoms with E-state index in [-0.39, 0.29) is 6.03 Å². The third-order valence-electron chi connectivity index (χ3n) is 5.41. The molecule has 6 nitrogen and oxygen atoms in total.